The summed E-state index contributed by atoms with van der Waals surface area (Å²) in [5.41, 5.74) is 0.530. The largest absolute Gasteiger partial charge is 0.316 e. The zero-order chi connectivity index (χ0) is 15.3. The topological polar surface area (TPSA) is 75.3 Å². The fraction of sp³-hybridized carbons (Fsp3) is 0.500. The Labute approximate surface area is 120 Å². The molecule has 0 amide bonds. The first-order valence-electron chi connectivity index (χ1n) is 6.59. The number of nitrogens with one attached hydrogen (secondary N) is 2. The average Bonchev–Trinajstić information content (AvgIpc) is 2.44. The summed E-state index contributed by atoms with van der Waals surface area (Å²) in [6.45, 7) is 5.82. The van der Waals surface area contributed by atoms with Crippen LogP contribution in [0.3, 0.4) is 0 Å². The third-order valence-electron chi connectivity index (χ3n) is 3.05. The molecule has 1 unspecified atom stereocenters. The van der Waals surface area contributed by atoms with Crippen molar-refractivity contribution in [1.29, 1.82) is 0 Å². The number of rotatable bonds is 7. The molecule has 112 valence electrons. The van der Waals surface area contributed by atoms with Gasteiger partial charge in [0, 0.05) is 24.1 Å². The van der Waals surface area contributed by atoms with Crippen molar-refractivity contribution >= 4 is 15.8 Å². The number of hydrogen-bond donors (Lipinski definition) is 2. The maximum atomic E-state index is 12.0. The fourth-order valence-corrected chi connectivity index (χ4v) is 2.68. The molecule has 0 saturated carbocycles. The Morgan fingerprint density at radius 3 is 2.15 bits per heavy atom. The number of sulfonamides is 1. The first-order valence-corrected chi connectivity index (χ1v) is 8.07. The van der Waals surface area contributed by atoms with Gasteiger partial charge in [-0.1, -0.05) is 26.0 Å². The van der Waals surface area contributed by atoms with Gasteiger partial charge in [-0.3, -0.25) is 4.79 Å². The van der Waals surface area contributed by atoms with Crippen molar-refractivity contribution < 1.29 is 13.2 Å². The van der Waals surface area contributed by atoms with Crippen LogP contribution in [0.25, 0.3) is 0 Å². The summed E-state index contributed by atoms with van der Waals surface area (Å²) in [5.74, 6) is -0.0993. The number of hydrogen-bond acceptors (Lipinski definition) is 4. The number of ketones is 1. The van der Waals surface area contributed by atoms with Crippen molar-refractivity contribution in [1.82, 2.24) is 10.0 Å². The second-order valence-corrected chi connectivity index (χ2v) is 6.85. The van der Waals surface area contributed by atoms with Crippen LogP contribution in [-0.4, -0.2) is 33.8 Å². The van der Waals surface area contributed by atoms with Gasteiger partial charge >= 0.3 is 0 Å². The van der Waals surface area contributed by atoms with E-state index in [-0.39, 0.29) is 22.6 Å². The predicted molar refractivity (Wildman–Crippen MR) is 79.3 cm³/mol. The van der Waals surface area contributed by atoms with E-state index in [9.17, 15) is 13.2 Å². The molecule has 0 fully saturated rings. The van der Waals surface area contributed by atoms with E-state index in [2.05, 4.69) is 10.0 Å². The third-order valence-corrected chi connectivity index (χ3v) is 4.49. The average molecular weight is 298 g/mol. The molecule has 0 bridgehead atoms. The van der Waals surface area contributed by atoms with Crippen molar-refractivity contribution in [2.24, 2.45) is 5.92 Å². The number of carbonyl (C=O) groups excluding carboxylic acids is 1. The van der Waals surface area contributed by atoms with Gasteiger partial charge in [0.1, 0.15) is 0 Å². The van der Waals surface area contributed by atoms with E-state index in [1.165, 1.54) is 12.1 Å². The predicted octanol–water partition coefficient (Wildman–Crippen LogP) is 1.41. The van der Waals surface area contributed by atoms with Crippen LogP contribution in [0.4, 0.5) is 0 Å². The van der Waals surface area contributed by atoms with E-state index >= 15 is 0 Å². The Morgan fingerprint density at radius 1 is 1.15 bits per heavy atom. The first kappa shape index (κ1) is 16.8. The molecule has 1 atom stereocenters. The highest BCUT2D eigenvalue weighted by atomic mass is 32.2. The molecular formula is C14H22N2O3S. The summed E-state index contributed by atoms with van der Waals surface area (Å²) in [7, 11) is -1.76. The van der Waals surface area contributed by atoms with E-state index in [0.29, 0.717) is 12.1 Å². The molecule has 0 saturated heterocycles. The zero-order valence-electron chi connectivity index (χ0n) is 12.3. The maximum Gasteiger partial charge on any atom is 0.240 e. The van der Waals surface area contributed by atoms with Crippen LogP contribution in [-0.2, 0) is 10.0 Å². The van der Waals surface area contributed by atoms with E-state index in [1.54, 1.807) is 19.2 Å². The second kappa shape index (κ2) is 6.97. The highest BCUT2D eigenvalue weighted by Crippen LogP contribution is 2.13. The first-order chi connectivity index (χ1) is 9.27. The lowest BCUT2D eigenvalue weighted by molar-refractivity contribution is 0.0939. The van der Waals surface area contributed by atoms with Crippen molar-refractivity contribution in [2.45, 2.75) is 31.7 Å². The fourth-order valence-electron chi connectivity index (χ4n) is 1.55. The van der Waals surface area contributed by atoms with Gasteiger partial charge in [0.15, 0.2) is 5.78 Å². The number of carbonyl (C=O) groups is 1. The summed E-state index contributed by atoms with van der Waals surface area (Å²) in [6, 6.07) is 6.08. The minimum absolute atomic E-state index is 0.00529. The minimum atomic E-state index is -3.53. The van der Waals surface area contributed by atoms with Crippen molar-refractivity contribution in [3.05, 3.63) is 29.8 Å². The van der Waals surface area contributed by atoms with Gasteiger partial charge in [-0.05, 0) is 26.1 Å². The molecule has 0 aromatic heterocycles. The van der Waals surface area contributed by atoms with Gasteiger partial charge in [-0.15, -0.1) is 0 Å². The SMILES string of the molecule is CNC(C)CNS(=O)(=O)c1ccc(C(=O)C(C)C)cc1. The summed E-state index contributed by atoms with van der Waals surface area (Å²) in [4.78, 5) is 12.0. The number of Topliss-reactive ketones (excluding diaryl/α,β-unsaturated/α-hetero) is 1. The molecule has 1 aromatic rings. The smallest absolute Gasteiger partial charge is 0.240 e. The van der Waals surface area contributed by atoms with Crippen molar-refractivity contribution in [3.63, 3.8) is 0 Å². The van der Waals surface area contributed by atoms with Crippen molar-refractivity contribution in [2.75, 3.05) is 13.6 Å². The van der Waals surface area contributed by atoms with Gasteiger partial charge in [0.2, 0.25) is 10.0 Å². The Kier molecular flexibility index (Phi) is 5.86. The highest BCUT2D eigenvalue weighted by molar-refractivity contribution is 7.89. The van der Waals surface area contributed by atoms with Gasteiger partial charge < -0.3 is 5.32 Å². The molecule has 1 aromatic carbocycles. The third kappa shape index (κ3) is 4.40. The van der Waals surface area contributed by atoms with Gasteiger partial charge in [0.05, 0.1) is 4.90 Å². The van der Waals surface area contributed by atoms with Crippen LogP contribution in [0.5, 0.6) is 0 Å². The highest BCUT2D eigenvalue weighted by Gasteiger charge is 2.16. The second-order valence-electron chi connectivity index (χ2n) is 5.08. The Hall–Kier alpha value is -1.24. The minimum Gasteiger partial charge on any atom is -0.316 e. The quantitative estimate of drug-likeness (QED) is 0.746. The Morgan fingerprint density at radius 2 is 1.70 bits per heavy atom. The monoisotopic (exact) mass is 298 g/mol. The molecule has 0 radical (unpaired) electrons. The lowest BCUT2D eigenvalue weighted by atomic mass is 10.0. The molecule has 0 aliphatic carbocycles. The normalized spacial score (nSPS) is 13.4. The Balaban J connectivity index is 2.84. The molecule has 5 nitrogen and oxygen atoms in total. The van der Waals surface area contributed by atoms with Crippen LogP contribution < -0.4 is 10.0 Å². The summed E-state index contributed by atoms with van der Waals surface area (Å²) >= 11 is 0. The molecule has 1 rings (SSSR count). The van der Waals surface area contributed by atoms with Crippen LogP contribution in [0.2, 0.25) is 0 Å². The zero-order valence-corrected chi connectivity index (χ0v) is 13.1. The molecule has 0 spiro atoms. The lowest BCUT2D eigenvalue weighted by Crippen LogP contribution is -2.37. The summed E-state index contributed by atoms with van der Waals surface area (Å²) < 4.78 is 26.6. The summed E-state index contributed by atoms with van der Waals surface area (Å²) in [6.07, 6.45) is 0. The maximum absolute atomic E-state index is 12.0. The molecule has 20 heavy (non-hydrogen) atoms. The molecule has 6 heteroatoms. The van der Waals surface area contributed by atoms with E-state index in [1.807, 2.05) is 20.8 Å². The van der Waals surface area contributed by atoms with Crippen LogP contribution >= 0.6 is 0 Å². The van der Waals surface area contributed by atoms with Gasteiger partial charge in [0.25, 0.3) is 0 Å². The van der Waals surface area contributed by atoms with Crippen LogP contribution in [0, 0.1) is 5.92 Å². The van der Waals surface area contributed by atoms with Crippen molar-refractivity contribution in [3.8, 4) is 0 Å². The Bertz CT molecular complexity index is 550. The van der Waals surface area contributed by atoms with Gasteiger partial charge in [-0.2, -0.15) is 0 Å². The van der Waals surface area contributed by atoms with Crippen LogP contribution in [0.1, 0.15) is 31.1 Å². The standard InChI is InChI=1S/C14H22N2O3S/c1-10(2)14(17)12-5-7-13(8-6-12)20(18,19)16-9-11(3)15-4/h5-8,10-11,15-16H,9H2,1-4H3. The van der Waals surface area contributed by atoms with Gasteiger partial charge in [-0.25, -0.2) is 13.1 Å². The lowest BCUT2D eigenvalue weighted by Gasteiger charge is -2.12. The molecule has 0 aliphatic rings. The van der Waals surface area contributed by atoms with E-state index in [4.69, 9.17) is 0 Å². The van der Waals surface area contributed by atoms with E-state index < -0.39 is 10.0 Å². The molecule has 0 heterocycles. The molecular weight excluding hydrogens is 276 g/mol. The molecule has 0 aliphatic heterocycles. The number of likely N-dealkylation sites (N-methyl/N-ethyl adjacent to an activating group) is 1. The van der Waals surface area contributed by atoms with Crippen LogP contribution in [0.15, 0.2) is 29.2 Å². The molecule has 2 N–H and O–H groups in total. The van der Waals surface area contributed by atoms with E-state index in [0.717, 1.165) is 0 Å². The number of benzene rings is 1. The summed E-state index contributed by atoms with van der Waals surface area (Å²) in [5, 5.41) is 2.95.